The maximum Gasteiger partial charge on any atom is 0.354 e. The van der Waals surface area contributed by atoms with Crippen LogP contribution in [-0.2, 0) is 0 Å². The van der Waals surface area contributed by atoms with Gasteiger partial charge in [-0.25, -0.2) is 18.4 Å². The van der Waals surface area contributed by atoms with Gasteiger partial charge in [-0.2, -0.15) is 0 Å². The minimum atomic E-state index is -1.35. The molecule has 0 spiro atoms. The third-order valence-corrected chi connectivity index (χ3v) is 2.16. The molecule has 0 aliphatic heterocycles. The molecule has 0 saturated heterocycles. The van der Waals surface area contributed by atoms with Crippen LogP contribution in [0.3, 0.4) is 0 Å². The number of hydrogen-bond donors (Lipinski definition) is 2. The van der Waals surface area contributed by atoms with Gasteiger partial charge in [-0.1, -0.05) is 0 Å². The standard InChI is InChI=1S/C10H6F2N2O3/c11-6-2-1-5(3-7(6)12)14-8(9(15)16)4-13-10(14)17/h1-4H,(H,13,17)(H,15,16). The van der Waals surface area contributed by atoms with Crippen LogP contribution in [0.4, 0.5) is 8.78 Å². The molecular weight excluding hydrogens is 234 g/mol. The second kappa shape index (κ2) is 3.85. The van der Waals surface area contributed by atoms with Gasteiger partial charge in [-0.3, -0.25) is 4.57 Å². The number of imidazole rings is 1. The Kier molecular flexibility index (Phi) is 2.51. The zero-order valence-corrected chi connectivity index (χ0v) is 8.28. The predicted octanol–water partition coefficient (Wildman–Crippen LogP) is 1.14. The van der Waals surface area contributed by atoms with Gasteiger partial charge in [0.25, 0.3) is 0 Å². The Bertz CT molecular complexity index is 645. The number of halogens is 2. The minimum absolute atomic E-state index is 0.0625. The minimum Gasteiger partial charge on any atom is -0.477 e. The quantitative estimate of drug-likeness (QED) is 0.826. The molecule has 1 heterocycles. The zero-order chi connectivity index (χ0) is 12.6. The third kappa shape index (κ3) is 1.82. The van der Waals surface area contributed by atoms with Gasteiger partial charge in [0, 0.05) is 12.3 Å². The van der Waals surface area contributed by atoms with Crippen molar-refractivity contribution in [2.24, 2.45) is 0 Å². The van der Waals surface area contributed by atoms with E-state index in [1.807, 2.05) is 0 Å². The van der Waals surface area contributed by atoms with Crippen LogP contribution >= 0.6 is 0 Å². The number of hydrogen-bond acceptors (Lipinski definition) is 2. The van der Waals surface area contributed by atoms with E-state index in [4.69, 9.17) is 5.11 Å². The molecule has 0 aliphatic rings. The van der Waals surface area contributed by atoms with E-state index in [9.17, 15) is 18.4 Å². The molecule has 17 heavy (non-hydrogen) atoms. The molecule has 2 rings (SSSR count). The molecule has 0 saturated carbocycles. The molecular formula is C10H6F2N2O3. The first-order chi connectivity index (χ1) is 8.00. The van der Waals surface area contributed by atoms with Gasteiger partial charge in [0.1, 0.15) is 0 Å². The van der Waals surface area contributed by atoms with Crippen LogP contribution in [0.1, 0.15) is 10.5 Å². The first-order valence-corrected chi connectivity index (χ1v) is 4.50. The lowest BCUT2D eigenvalue weighted by molar-refractivity contribution is 0.0688. The first kappa shape index (κ1) is 11.1. The predicted molar refractivity (Wildman–Crippen MR) is 53.3 cm³/mol. The molecule has 0 radical (unpaired) electrons. The molecule has 1 aromatic heterocycles. The second-order valence-corrected chi connectivity index (χ2v) is 3.22. The van der Waals surface area contributed by atoms with Crippen molar-refractivity contribution in [2.75, 3.05) is 0 Å². The van der Waals surface area contributed by atoms with Crippen LogP contribution in [0.25, 0.3) is 5.69 Å². The van der Waals surface area contributed by atoms with Crippen LogP contribution in [0.2, 0.25) is 0 Å². The topological polar surface area (TPSA) is 75.1 Å². The average molecular weight is 240 g/mol. The number of aromatic amines is 1. The second-order valence-electron chi connectivity index (χ2n) is 3.22. The van der Waals surface area contributed by atoms with Crippen LogP contribution in [0.5, 0.6) is 0 Å². The number of rotatable bonds is 2. The smallest absolute Gasteiger partial charge is 0.354 e. The normalized spacial score (nSPS) is 10.5. The molecule has 7 heteroatoms. The van der Waals surface area contributed by atoms with Gasteiger partial charge in [0.15, 0.2) is 17.3 Å². The Labute approximate surface area is 92.9 Å². The number of carboxylic acids is 1. The maximum atomic E-state index is 13.0. The number of aromatic carboxylic acids is 1. The lowest BCUT2D eigenvalue weighted by Gasteiger charge is -2.04. The van der Waals surface area contributed by atoms with Crippen LogP contribution < -0.4 is 5.69 Å². The fourth-order valence-electron chi connectivity index (χ4n) is 1.41. The maximum absolute atomic E-state index is 13.0. The highest BCUT2D eigenvalue weighted by Gasteiger charge is 2.15. The van der Waals surface area contributed by atoms with Gasteiger partial charge in [-0.15, -0.1) is 0 Å². The van der Waals surface area contributed by atoms with E-state index in [0.29, 0.717) is 0 Å². The van der Waals surface area contributed by atoms with Crippen molar-refractivity contribution < 1.29 is 18.7 Å². The Morgan fingerprint density at radius 3 is 2.59 bits per heavy atom. The molecule has 0 unspecified atom stereocenters. The van der Waals surface area contributed by atoms with E-state index in [2.05, 4.69) is 4.98 Å². The lowest BCUT2D eigenvalue weighted by Crippen LogP contribution is -2.19. The van der Waals surface area contributed by atoms with Crippen molar-refractivity contribution >= 4 is 5.97 Å². The van der Waals surface area contributed by atoms with Gasteiger partial charge in [-0.05, 0) is 12.1 Å². The number of carbonyl (C=O) groups is 1. The fourth-order valence-corrected chi connectivity index (χ4v) is 1.41. The molecule has 0 atom stereocenters. The summed E-state index contributed by atoms with van der Waals surface area (Å²) in [4.78, 5) is 24.3. The summed E-state index contributed by atoms with van der Waals surface area (Å²) in [5, 5.41) is 8.82. The first-order valence-electron chi connectivity index (χ1n) is 4.50. The van der Waals surface area contributed by atoms with Crippen LogP contribution in [0, 0.1) is 11.6 Å². The van der Waals surface area contributed by atoms with Crippen LogP contribution in [0.15, 0.2) is 29.2 Å². The van der Waals surface area contributed by atoms with Gasteiger partial charge < -0.3 is 10.1 Å². The number of nitrogens with zero attached hydrogens (tertiary/aromatic N) is 1. The van der Waals surface area contributed by atoms with Gasteiger partial charge in [0.05, 0.1) is 5.69 Å². The Balaban J connectivity index is 2.68. The summed E-state index contributed by atoms with van der Waals surface area (Å²) >= 11 is 0. The van der Waals surface area contributed by atoms with E-state index in [1.54, 1.807) is 0 Å². The highest BCUT2D eigenvalue weighted by molar-refractivity contribution is 5.86. The lowest BCUT2D eigenvalue weighted by atomic mass is 10.3. The Morgan fingerprint density at radius 1 is 1.29 bits per heavy atom. The molecule has 0 bridgehead atoms. The summed E-state index contributed by atoms with van der Waals surface area (Å²) in [5.74, 6) is -3.59. The summed E-state index contributed by atoms with van der Waals surface area (Å²) in [7, 11) is 0. The number of aromatic nitrogens is 2. The Morgan fingerprint density at radius 2 is 2.00 bits per heavy atom. The summed E-state index contributed by atoms with van der Waals surface area (Å²) in [6, 6.07) is 2.67. The Hall–Kier alpha value is -2.44. The monoisotopic (exact) mass is 240 g/mol. The van der Waals surface area contributed by atoms with E-state index in [1.165, 1.54) is 0 Å². The third-order valence-electron chi connectivity index (χ3n) is 2.16. The molecule has 1 aromatic carbocycles. The zero-order valence-electron chi connectivity index (χ0n) is 8.28. The van der Waals surface area contributed by atoms with Crippen molar-refractivity contribution in [3.05, 3.63) is 52.2 Å². The van der Waals surface area contributed by atoms with Crippen molar-refractivity contribution in [3.8, 4) is 5.69 Å². The molecule has 5 nitrogen and oxygen atoms in total. The highest BCUT2D eigenvalue weighted by Crippen LogP contribution is 2.13. The number of H-pyrrole nitrogens is 1. The fraction of sp³-hybridized carbons (Fsp3) is 0. The molecule has 2 aromatic rings. The molecule has 0 fully saturated rings. The van der Waals surface area contributed by atoms with Gasteiger partial charge >= 0.3 is 11.7 Å². The number of benzene rings is 1. The number of nitrogens with one attached hydrogen (secondary N) is 1. The van der Waals surface area contributed by atoms with Crippen LogP contribution in [-0.4, -0.2) is 20.6 Å². The van der Waals surface area contributed by atoms with E-state index >= 15 is 0 Å². The van der Waals surface area contributed by atoms with Crippen molar-refractivity contribution in [1.82, 2.24) is 9.55 Å². The SMILES string of the molecule is O=C(O)c1c[nH]c(=O)n1-c1ccc(F)c(F)c1. The number of carboxylic acid groups (broad SMARTS) is 1. The molecule has 88 valence electrons. The van der Waals surface area contributed by atoms with Crippen molar-refractivity contribution in [2.45, 2.75) is 0 Å². The summed E-state index contributed by atoms with van der Waals surface area (Å²) < 4.78 is 26.4. The van der Waals surface area contributed by atoms with E-state index in [-0.39, 0.29) is 11.4 Å². The largest absolute Gasteiger partial charge is 0.477 e. The summed E-state index contributed by atoms with van der Waals surface area (Å²) in [5.41, 5.74) is -1.16. The average Bonchev–Trinajstić information content (AvgIpc) is 2.64. The molecule has 2 N–H and O–H groups in total. The van der Waals surface area contributed by atoms with E-state index in [0.717, 1.165) is 29.0 Å². The van der Waals surface area contributed by atoms with E-state index < -0.39 is 23.3 Å². The highest BCUT2D eigenvalue weighted by atomic mass is 19.2. The molecule has 0 aliphatic carbocycles. The molecule has 0 amide bonds. The van der Waals surface area contributed by atoms with Crippen molar-refractivity contribution in [1.29, 1.82) is 0 Å². The van der Waals surface area contributed by atoms with Crippen molar-refractivity contribution in [3.63, 3.8) is 0 Å². The van der Waals surface area contributed by atoms with Gasteiger partial charge in [0.2, 0.25) is 0 Å². The summed E-state index contributed by atoms with van der Waals surface area (Å²) in [6.45, 7) is 0. The summed E-state index contributed by atoms with van der Waals surface area (Å²) in [6.07, 6.45) is 0.978.